The molecule has 0 aliphatic heterocycles. The molecule has 1 fully saturated rings. The lowest BCUT2D eigenvalue weighted by Gasteiger charge is -2.29. The number of aromatic nitrogens is 3. The Balaban J connectivity index is 1.31. The van der Waals surface area contributed by atoms with Crippen molar-refractivity contribution < 1.29 is 14.6 Å². The van der Waals surface area contributed by atoms with Gasteiger partial charge in [0.25, 0.3) is 5.91 Å². The summed E-state index contributed by atoms with van der Waals surface area (Å²) in [6.07, 6.45) is 15.1. The topological polar surface area (TPSA) is 98.4 Å². The molecule has 0 bridgehead atoms. The summed E-state index contributed by atoms with van der Waals surface area (Å²) >= 11 is 6.06. The van der Waals surface area contributed by atoms with Crippen LogP contribution >= 0.6 is 11.6 Å². The number of rotatable bonds is 8. The maximum atomic E-state index is 14.0. The van der Waals surface area contributed by atoms with Crippen LogP contribution in [0.15, 0.2) is 71.4 Å². The summed E-state index contributed by atoms with van der Waals surface area (Å²) in [6.45, 7) is 4.35. The van der Waals surface area contributed by atoms with Crippen molar-refractivity contribution in [1.29, 1.82) is 0 Å². The highest BCUT2D eigenvalue weighted by atomic mass is 35.5. The van der Waals surface area contributed by atoms with Crippen molar-refractivity contribution in [2.24, 2.45) is 5.92 Å². The Morgan fingerprint density at radius 1 is 1.14 bits per heavy atom. The molecule has 0 saturated heterocycles. The van der Waals surface area contributed by atoms with Gasteiger partial charge in [-0.05, 0) is 101 Å². The summed E-state index contributed by atoms with van der Waals surface area (Å²) in [4.78, 5) is 31.0. The molecule has 0 radical (unpaired) electrons. The second-order valence-corrected chi connectivity index (χ2v) is 11.8. The first-order chi connectivity index (χ1) is 20.3. The van der Waals surface area contributed by atoms with Crippen molar-refractivity contribution in [3.63, 3.8) is 0 Å². The van der Waals surface area contributed by atoms with Gasteiger partial charge in [0.15, 0.2) is 0 Å². The number of ether oxygens (including phenoxy) is 1. The van der Waals surface area contributed by atoms with Gasteiger partial charge in [0.1, 0.15) is 12.4 Å². The van der Waals surface area contributed by atoms with Crippen LogP contribution in [0.25, 0.3) is 16.7 Å². The fourth-order valence-corrected chi connectivity index (χ4v) is 5.95. The molecule has 2 aliphatic carbocycles. The number of hydrogen-bond acceptors (Lipinski definition) is 5. The number of nitrogens with zero attached hydrogens (tertiary/aromatic N) is 3. The van der Waals surface area contributed by atoms with Crippen molar-refractivity contribution in [3.05, 3.63) is 93.4 Å². The Morgan fingerprint density at radius 2 is 1.88 bits per heavy atom. The minimum absolute atomic E-state index is 0.0545. The molecular weight excluding hydrogens is 552 g/mol. The number of amides is 1. The smallest absolute Gasteiger partial charge is 0.333 e. The van der Waals surface area contributed by atoms with Gasteiger partial charge in [-0.15, -0.1) is 0 Å². The van der Waals surface area contributed by atoms with Gasteiger partial charge < -0.3 is 15.2 Å². The third-order valence-corrected chi connectivity index (χ3v) is 8.24. The standard InChI is InChI=1S/C33H39ClN4O4/c1-22(39)21-42-28-9-5-3-4-8-27(16-17-28)38-31-11-7-6-10-30(31)37(33(38)41)20-24-12-14-26(15-13-24)36-32(40)29-18-25(34)19-35-23(29)2/h6-11,16-19,22,24,26,39H,3-5,12-15,20-21H2,1-2H3,(H,36,40)/b17-16-,27-8+,28-9-/t22-,24?,26?/m1/s1. The molecule has 0 unspecified atom stereocenters. The Morgan fingerprint density at radius 3 is 2.64 bits per heavy atom. The number of carbonyl (C=O) groups is 1. The number of halogens is 1. The van der Waals surface area contributed by atoms with Crippen molar-refractivity contribution in [2.45, 2.75) is 77.5 Å². The van der Waals surface area contributed by atoms with Crippen LogP contribution in [0.3, 0.4) is 0 Å². The van der Waals surface area contributed by atoms with Crippen molar-refractivity contribution >= 4 is 34.2 Å². The number of para-hydroxylation sites is 2. The van der Waals surface area contributed by atoms with Crippen LogP contribution in [0.4, 0.5) is 0 Å². The Kier molecular flexibility index (Phi) is 9.65. The van der Waals surface area contributed by atoms with Gasteiger partial charge in [-0.1, -0.05) is 29.8 Å². The molecule has 1 atom stereocenters. The summed E-state index contributed by atoms with van der Waals surface area (Å²) in [7, 11) is 0. The SMILES string of the molecule is Cc1ncc(Cl)cc1C(=O)NC1CCC(Cn2c(=O)n(C3=C/CCC/C=C(OC[C@@H](C)O)/C=C\3)c3ccccc32)CC1. The highest BCUT2D eigenvalue weighted by Gasteiger charge is 2.26. The van der Waals surface area contributed by atoms with E-state index in [9.17, 15) is 14.7 Å². The summed E-state index contributed by atoms with van der Waals surface area (Å²) < 4.78 is 9.49. The normalized spacial score (nSPS) is 23.4. The van der Waals surface area contributed by atoms with Crippen LogP contribution in [0.2, 0.25) is 5.02 Å². The lowest BCUT2D eigenvalue weighted by Crippen LogP contribution is -2.39. The number of aryl methyl sites for hydroxylation is 1. The maximum Gasteiger partial charge on any atom is 0.333 e. The van der Waals surface area contributed by atoms with E-state index in [-0.39, 0.29) is 24.2 Å². The number of imidazole rings is 1. The summed E-state index contributed by atoms with van der Waals surface area (Å²) in [5, 5.41) is 13.2. The first-order valence-electron chi connectivity index (χ1n) is 14.8. The number of benzene rings is 1. The fraction of sp³-hybridized carbons (Fsp3) is 0.424. The molecule has 9 heteroatoms. The number of nitrogens with one attached hydrogen (secondary N) is 1. The Bertz CT molecular complexity index is 1570. The van der Waals surface area contributed by atoms with Gasteiger partial charge in [0.05, 0.1) is 33.4 Å². The monoisotopic (exact) mass is 590 g/mol. The first-order valence-corrected chi connectivity index (χ1v) is 15.2. The molecule has 2 aromatic heterocycles. The number of hydrogen-bond donors (Lipinski definition) is 2. The average Bonchev–Trinajstić information content (AvgIpc) is 3.31. The molecule has 3 aromatic rings. The highest BCUT2D eigenvalue weighted by Crippen LogP contribution is 2.28. The van der Waals surface area contributed by atoms with E-state index in [0.717, 1.165) is 61.7 Å². The molecule has 2 heterocycles. The third kappa shape index (κ3) is 7.05. The van der Waals surface area contributed by atoms with Crippen LogP contribution in [0.1, 0.15) is 67.9 Å². The fourth-order valence-electron chi connectivity index (χ4n) is 5.79. The van der Waals surface area contributed by atoms with Crippen LogP contribution < -0.4 is 11.0 Å². The van der Waals surface area contributed by atoms with E-state index in [0.29, 0.717) is 34.5 Å². The number of allylic oxidation sites excluding steroid dienone is 5. The zero-order chi connectivity index (χ0) is 29.6. The van der Waals surface area contributed by atoms with Gasteiger partial charge in [0, 0.05) is 24.5 Å². The Labute approximate surface area is 251 Å². The van der Waals surface area contributed by atoms with Gasteiger partial charge >= 0.3 is 5.69 Å². The first kappa shape index (κ1) is 29.9. The second kappa shape index (κ2) is 13.6. The predicted octanol–water partition coefficient (Wildman–Crippen LogP) is 6.01. The quantitative estimate of drug-likeness (QED) is 0.335. The van der Waals surface area contributed by atoms with Crippen LogP contribution in [0, 0.1) is 12.8 Å². The van der Waals surface area contributed by atoms with Gasteiger partial charge in [-0.3, -0.25) is 18.9 Å². The molecule has 1 aromatic carbocycles. The maximum absolute atomic E-state index is 14.0. The molecule has 2 aliphatic rings. The largest absolute Gasteiger partial charge is 0.491 e. The highest BCUT2D eigenvalue weighted by molar-refractivity contribution is 6.30. The molecule has 1 saturated carbocycles. The van der Waals surface area contributed by atoms with Crippen molar-refractivity contribution in [2.75, 3.05) is 6.61 Å². The lowest BCUT2D eigenvalue weighted by atomic mass is 9.85. The molecule has 2 N–H and O–H groups in total. The van der Waals surface area contributed by atoms with Crippen LogP contribution in [-0.2, 0) is 11.3 Å². The lowest BCUT2D eigenvalue weighted by molar-refractivity contribution is 0.0879. The molecule has 0 spiro atoms. The van der Waals surface area contributed by atoms with E-state index >= 15 is 0 Å². The summed E-state index contributed by atoms with van der Waals surface area (Å²) in [5.74, 6) is 0.889. The summed E-state index contributed by atoms with van der Waals surface area (Å²) in [6, 6.07) is 9.68. The van der Waals surface area contributed by atoms with E-state index in [1.807, 2.05) is 54.0 Å². The van der Waals surface area contributed by atoms with Gasteiger partial charge in [-0.2, -0.15) is 0 Å². The minimum atomic E-state index is -0.557. The zero-order valence-electron chi connectivity index (χ0n) is 24.3. The molecule has 42 heavy (non-hydrogen) atoms. The molecule has 222 valence electrons. The number of fused-ring (bicyclic) bond motifs is 1. The van der Waals surface area contributed by atoms with Crippen molar-refractivity contribution in [1.82, 2.24) is 19.4 Å². The van der Waals surface area contributed by atoms with E-state index in [2.05, 4.69) is 16.4 Å². The minimum Gasteiger partial charge on any atom is -0.491 e. The number of aliphatic hydroxyl groups is 1. The number of pyridine rings is 1. The number of aliphatic hydroxyl groups excluding tert-OH is 1. The van der Waals surface area contributed by atoms with E-state index in [1.165, 1.54) is 0 Å². The van der Waals surface area contributed by atoms with Gasteiger partial charge in [-0.25, -0.2) is 4.79 Å². The molecule has 1 amide bonds. The zero-order valence-corrected chi connectivity index (χ0v) is 25.0. The third-order valence-electron chi connectivity index (χ3n) is 8.03. The van der Waals surface area contributed by atoms with Gasteiger partial charge in [0.2, 0.25) is 0 Å². The summed E-state index contributed by atoms with van der Waals surface area (Å²) in [5.41, 5.74) is 3.72. The van der Waals surface area contributed by atoms with Crippen LogP contribution in [0.5, 0.6) is 0 Å². The molecule has 8 nitrogen and oxygen atoms in total. The van der Waals surface area contributed by atoms with E-state index in [1.54, 1.807) is 23.8 Å². The average molecular weight is 591 g/mol. The molecular formula is C33H39ClN4O4. The van der Waals surface area contributed by atoms with E-state index in [4.69, 9.17) is 16.3 Å². The van der Waals surface area contributed by atoms with Crippen LogP contribution in [-0.4, -0.2) is 43.9 Å². The second-order valence-electron chi connectivity index (χ2n) is 11.4. The predicted molar refractivity (Wildman–Crippen MR) is 166 cm³/mol. The van der Waals surface area contributed by atoms with Crippen molar-refractivity contribution in [3.8, 4) is 0 Å². The Hall–Kier alpha value is -3.62. The molecule has 5 rings (SSSR count). The van der Waals surface area contributed by atoms with E-state index < -0.39 is 6.10 Å². The number of carbonyl (C=O) groups excluding carboxylic acids is 1.